The van der Waals surface area contributed by atoms with E-state index in [1.165, 1.54) is 54.9 Å². The predicted octanol–water partition coefficient (Wildman–Crippen LogP) is 8.83. The molecule has 1 heterocycles. The molecule has 4 bridgehead atoms. The van der Waals surface area contributed by atoms with Gasteiger partial charge in [0.2, 0.25) is 0 Å². The number of hydrogen-bond acceptors (Lipinski definition) is 1. The molecule has 0 fully saturated rings. The van der Waals surface area contributed by atoms with Crippen LogP contribution < -0.4 is 0 Å². The Balaban J connectivity index is 2.28. The molecule has 0 spiro atoms. The van der Waals surface area contributed by atoms with Crippen LogP contribution in [0.3, 0.4) is 0 Å². The quantitative estimate of drug-likeness (QED) is 0.299. The zero-order valence-corrected chi connectivity index (χ0v) is 20.8. The maximum atomic E-state index is 4.28. The largest absolute Gasteiger partial charge is 0.265 e. The normalized spacial score (nSPS) is 12.4. The van der Waals surface area contributed by atoms with Gasteiger partial charge in [-0.05, 0) is 97.8 Å². The number of aromatic nitrogens is 1. The summed E-state index contributed by atoms with van der Waals surface area (Å²) in [5.41, 5.74) is 7.97. The molecule has 0 unspecified atom stereocenters. The second kappa shape index (κ2) is 7.89. The lowest BCUT2D eigenvalue weighted by molar-refractivity contribution is 0.591. The van der Waals surface area contributed by atoms with E-state index >= 15 is 0 Å². The maximum Gasteiger partial charge on any atom is 0.0273 e. The Bertz CT molecular complexity index is 1330. The standard InChI is InChI=1S/C31H35N/c1-20-23-9-10-24-16-27(31(6,7)8)19-28(21(24)2)29(22-11-13-32-14-12-22)18-25(20)17-26(15-23)30(3,4)5/h9-19H,1-8H3. The summed E-state index contributed by atoms with van der Waals surface area (Å²) in [4.78, 5) is 4.28. The molecule has 0 aliphatic rings. The van der Waals surface area contributed by atoms with Crippen LogP contribution >= 0.6 is 0 Å². The highest BCUT2D eigenvalue weighted by Gasteiger charge is 2.18. The van der Waals surface area contributed by atoms with Crippen molar-refractivity contribution in [2.45, 2.75) is 66.2 Å². The lowest BCUT2D eigenvalue weighted by atomic mass is 9.82. The summed E-state index contributed by atoms with van der Waals surface area (Å²) in [6, 6.07) is 20.7. The molecule has 32 heavy (non-hydrogen) atoms. The molecule has 4 rings (SSSR count). The highest BCUT2D eigenvalue weighted by molar-refractivity contribution is 5.93. The molecule has 0 N–H and O–H groups in total. The fraction of sp³-hybridized carbons (Fsp3) is 0.323. The smallest absolute Gasteiger partial charge is 0.0273 e. The minimum Gasteiger partial charge on any atom is -0.265 e. The van der Waals surface area contributed by atoms with Crippen molar-refractivity contribution >= 4 is 21.5 Å². The van der Waals surface area contributed by atoms with Gasteiger partial charge in [0.05, 0.1) is 0 Å². The third-order valence-corrected chi connectivity index (χ3v) is 6.69. The average molecular weight is 422 g/mol. The van der Waals surface area contributed by atoms with Gasteiger partial charge in [-0.2, -0.15) is 0 Å². The van der Waals surface area contributed by atoms with Gasteiger partial charge in [-0.25, -0.2) is 0 Å². The van der Waals surface area contributed by atoms with Crippen LogP contribution in [0, 0.1) is 13.8 Å². The van der Waals surface area contributed by atoms with Crippen molar-refractivity contribution in [3.05, 3.63) is 89.2 Å². The molecule has 3 aromatic carbocycles. The molecule has 0 saturated carbocycles. The summed E-state index contributed by atoms with van der Waals surface area (Å²) >= 11 is 0. The first-order chi connectivity index (χ1) is 14.9. The molecular formula is C31H35N. The highest BCUT2D eigenvalue weighted by Crippen LogP contribution is 2.36. The van der Waals surface area contributed by atoms with Crippen LogP contribution in [0.15, 0.2) is 67.0 Å². The summed E-state index contributed by atoms with van der Waals surface area (Å²) in [6.07, 6.45) is 3.78. The Hall–Kier alpha value is -2.93. The Morgan fingerprint density at radius 2 is 1.06 bits per heavy atom. The third-order valence-electron chi connectivity index (χ3n) is 6.69. The van der Waals surface area contributed by atoms with Gasteiger partial charge in [-0.3, -0.25) is 4.98 Å². The number of aryl methyl sites for hydroxylation is 2. The van der Waals surface area contributed by atoms with E-state index in [0.717, 1.165) is 0 Å². The van der Waals surface area contributed by atoms with Crippen LogP contribution in [0.25, 0.3) is 32.7 Å². The molecule has 0 aliphatic heterocycles. The third kappa shape index (κ3) is 4.21. The molecule has 0 saturated heterocycles. The summed E-state index contributed by atoms with van der Waals surface area (Å²) in [5.74, 6) is 0. The molecule has 1 nitrogen and oxygen atoms in total. The zero-order valence-electron chi connectivity index (χ0n) is 20.8. The van der Waals surface area contributed by atoms with E-state index < -0.39 is 0 Å². The van der Waals surface area contributed by atoms with E-state index in [1.54, 1.807) is 0 Å². The second-order valence-corrected chi connectivity index (χ2v) is 11.1. The van der Waals surface area contributed by atoms with E-state index in [1.807, 2.05) is 12.4 Å². The highest BCUT2D eigenvalue weighted by atomic mass is 14.6. The number of hydrogen-bond donors (Lipinski definition) is 0. The Morgan fingerprint density at radius 3 is 1.62 bits per heavy atom. The van der Waals surface area contributed by atoms with Gasteiger partial charge >= 0.3 is 0 Å². The van der Waals surface area contributed by atoms with Crippen LogP contribution in [0.4, 0.5) is 0 Å². The first-order valence-electron chi connectivity index (χ1n) is 11.6. The topological polar surface area (TPSA) is 12.9 Å². The lowest BCUT2D eigenvalue weighted by Crippen LogP contribution is -2.11. The molecule has 0 amide bonds. The minimum atomic E-state index is 0.0716. The van der Waals surface area contributed by atoms with E-state index in [-0.39, 0.29) is 10.8 Å². The molecule has 164 valence electrons. The maximum absolute atomic E-state index is 4.28. The lowest BCUT2D eigenvalue weighted by Gasteiger charge is -2.22. The first kappa shape index (κ1) is 22.3. The Labute approximate surface area is 193 Å². The van der Waals surface area contributed by atoms with Crippen molar-refractivity contribution in [1.82, 2.24) is 4.98 Å². The van der Waals surface area contributed by atoms with Gasteiger partial charge in [0.15, 0.2) is 0 Å². The summed E-state index contributed by atoms with van der Waals surface area (Å²) in [7, 11) is 0. The molecule has 0 atom stereocenters. The predicted molar refractivity (Wildman–Crippen MR) is 140 cm³/mol. The van der Waals surface area contributed by atoms with Crippen molar-refractivity contribution in [2.75, 3.05) is 0 Å². The van der Waals surface area contributed by atoms with Crippen LogP contribution in [-0.4, -0.2) is 4.98 Å². The van der Waals surface area contributed by atoms with Gasteiger partial charge < -0.3 is 0 Å². The fourth-order valence-corrected chi connectivity index (χ4v) is 4.32. The monoisotopic (exact) mass is 421 g/mol. The average Bonchev–Trinajstić information content (AvgIpc) is 2.71. The summed E-state index contributed by atoms with van der Waals surface area (Å²) in [6.45, 7) is 18.2. The second-order valence-electron chi connectivity index (χ2n) is 11.1. The number of benzene rings is 2. The van der Waals surface area contributed by atoms with Gasteiger partial charge in [0.25, 0.3) is 0 Å². The first-order valence-corrected chi connectivity index (χ1v) is 11.6. The van der Waals surface area contributed by atoms with Gasteiger partial charge in [-0.1, -0.05) is 77.9 Å². The van der Waals surface area contributed by atoms with Crippen LogP contribution in [0.2, 0.25) is 0 Å². The molecule has 0 radical (unpaired) electrons. The summed E-state index contributed by atoms with van der Waals surface area (Å²) < 4.78 is 0. The van der Waals surface area contributed by atoms with Crippen molar-refractivity contribution in [2.24, 2.45) is 0 Å². The van der Waals surface area contributed by atoms with Crippen molar-refractivity contribution < 1.29 is 0 Å². The Morgan fingerprint density at radius 1 is 0.562 bits per heavy atom. The number of rotatable bonds is 1. The molecule has 0 aliphatic carbocycles. The van der Waals surface area contributed by atoms with Crippen LogP contribution in [0.5, 0.6) is 0 Å². The van der Waals surface area contributed by atoms with Crippen molar-refractivity contribution in [1.29, 1.82) is 0 Å². The molecular weight excluding hydrogens is 386 g/mol. The number of fused-ring (bicyclic) bond motifs is 4. The SMILES string of the molecule is Cc1c2ccc3cc(C(C)(C)C)cc(c(-c4ccncc4)cc1cc(C(C)(C)C)c2)c3C. The van der Waals surface area contributed by atoms with E-state index in [0.29, 0.717) is 0 Å². The molecule has 1 heteroatoms. The van der Waals surface area contributed by atoms with Gasteiger partial charge in [0, 0.05) is 12.4 Å². The summed E-state index contributed by atoms with van der Waals surface area (Å²) in [5, 5.41) is 5.17. The Kier molecular flexibility index (Phi) is 5.49. The number of nitrogens with zero attached hydrogens (tertiary/aromatic N) is 1. The van der Waals surface area contributed by atoms with Crippen molar-refractivity contribution in [3.8, 4) is 11.1 Å². The van der Waals surface area contributed by atoms with E-state index in [4.69, 9.17) is 0 Å². The minimum absolute atomic E-state index is 0.0716. The van der Waals surface area contributed by atoms with Crippen LogP contribution in [-0.2, 0) is 10.8 Å². The molecule has 1 aromatic heterocycles. The number of pyridine rings is 1. The van der Waals surface area contributed by atoms with Gasteiger partial charge in [0.1, 0.15) is 0 Å². The molecule has 4 aromatic rings. The van der Waals surface area contributed by atoms with E-state index in [9.17, 15) is 0 Å². The zero-order chi connectivity index (χ0) is 23.3. The van der Waals surface area contributed by atoms with E-state index in [2.05, 4.69) is 115 Å². The van der Waals surface area contributed by atoms with Crippen LogP contribution in [0.1, 0.15) is 63.8 Å². The van der Waals surface area contributed by atoms with Gasteiger partial charge in [-0.15, -0.1) is 0 Å². The van der Waals surface area contributed by atoms with Crippen molar-refractivity contribution in [3.63, 3.8) is 0 Å². The fourth-order valence-electron chi connectivity index (χ4n) is 4.32.